The molecule has 1 aromatic carbocycles. The minimum Gasteiger partial charge on any atom is -0.439 e. The Bertz CT molecular complexity index is 1320. The van der Waals surface area contributed by atoms with Crippen LogP contribution >= 0.6 is 11.8 Å². The highest BCUT2D eigenvalue weighted by Crippen LogP contribution is 2.48. The second kappa shape index (κ2) is 10.7. The summed E-state index contributed by atoms with van der Waals surface area (Å²) in [6.45, 7) is 4.24. The van der Waals surface area contributed by atoms with Crippen molar-refractivity contribution in [1.29, 1.82) is 0 Å². The summed E-state index contributed by atoms with van der Waals surface area (Å²) >= 11 is 1.46. The minimum absolute atomic E-state index is 0.0314. The highest BCUT2D eigenvalue weighted by atomic mass is 32.2. The van der Waals surface area contributed by atoms with E-state index < -0.39 is 0 Å². The third kappa shape index (κ3) is 4.99. The molecule has 4 aliphatic rings. The number of aromatic nitrogens is 1. The predicted octanol–water partition coefficient (Wildman–Crippen LogP) is 3.01. The number of pyridine rings is 1. The number of nitrogens with one attached hydrogen (secondary N) is 4. The molecule has 4 N–H and O–H groups in total. The van der Waals surface area contributed by atoms with Crippen LogP contribution in [0.3, 0.4) is 0 Å². The summed E-state index contributed by atoms with van der Waals surface area (Å²) in [6, 6.07) is 12.3. The molecule has 3 aliphatic heterocycles. The van der Waals surface area contributed by atoms with Gasteiger partial charge >= 0.3 is 6.03 Å². The lowest BCUT2D eigenvalue weighted by atomic mass is 9.86. The van der Waals surface area contributed by atoms with Crippen molar-refractivity contribution in [2.75, 3.05) is 11.4 Å². The first kappa shape index (κ1) is 25.4. The van der Waals surface area contributed by atoms with E-state index in [-0.39, 0.29) is 47.3 Å². The number of carbonyl (C=O) groups excluding carboxylic acids is 3. The van der Waals surface area contributed by atoms with Gasteiger partial charge in [0.2, 0.25) is 11.8 Å². The van der Waals surface area contributed by atoms with Gasteiger partial charge in [-0.1, -0.05) is 36.5 Å². The van der Waals surface area contributed by atoms with E-state index in [4.69, 9.17) is 4.74 Å². The van der Waals surface area contributed by atoms with Crippen LogP contribution in [0.4, 0.5) is 10.5 Å². The average Bonchev–Trinajstić information content (AvgIpc) is 3.54. The van der Waals surface area contributed by atoms with Crippen molar-refractivity contribution in [3.8, 4) is 11.6 Å². The molecule has 6 rings (SSSR count). The normalized spacial score (nSPS) is 27.4. The monoisotopic (exact) mass is 546 g/mol. The van der Waals surface area contributed by atoms with Gasteiger partial charge in [0.15, 0.2) is 0 Å². The molecule has 5 atom stereocenters. The number of urea groups is 1. The molecule has 2 saturated heterocycles. The van der Waals surface area contributed by atoms with Crippen LogP contribution < -0.4 is 30.9 Å². The first-order valence-corrected chi connectivity index (χ1v) is 14.1. The summed E-state index contributed by atoms with van der Waals surface area (Å²) < 4.78 is 5.80. The van der Waals surface area contributed by atoms with E-state index in [1.165, 1.54) is 17.8 Å². The first-order valence-electron chi connectivity index (χ1n) is 13.2. The van der Waals surface area contributed by atoms with Gasteiger partial charge in [-0.3, -0.25) is 14.5 Å². The molecule has 202 valence electrons. The third-order valence-corrected chi connectivity index (χ3v) is 9.01. The Labute approximate surface area is 230 Å². The number of anilines is 1. The Morgan fingerprint density at radius 1 is 1.10 bits per heavy atom. The van der Waals surface area contributed by atoms with Gasteiger partial charge in [-0.05, 0) is 56.5 Å². The lowest BCUT2D eigenvalue weighted by Gasteiger charge is -2.45. The molecule has 0 radical (unpaired) electrons. The van der Waals surface area contributed by atoms with Crippen molar-refractivity contribution in [3.05, 3.63) is 71.9 Å². The van der Waals surface area contributed by atoms with Gasteiger partial charge in [0.25, 0.3) is 5.91 Å². The smallest absolute Gasteiger partial charge is 0.326 e. The zero-order valence-corrected chi connectivity index (χ0v) is 22.1. The molecule has 39 heavy (non-hydrogen) atoms. The zero-order valence-electron chi connectivity index (χ0n) is 21.3. The van der Waals surface area contributed by atoms with Crippen LogP contribution in [0, 0.1) is 5.92 Å². The standard InChI is InChI=1S/C28H30N6O4S/c1-2-21(35)31-18-9-6-10-19(18)32-26(36)25-24-23-20(13-14-29-27(23)39-25)34(28(37)33-24)16-11-12-22(30-15-16)38-17-7-4-3-5-8-17/h2-5,7-8,11-12,15,18-20,23,27,29H,1,6,9-10,13-14H2,(H,31,35)(H,32,36)(H,33,37)/t18-,19-,20?,23?,27?/m1/s1. The van der Waals surface area contributed by atoms with Gasteiger partial charge in [-0.15, -0.1) is 0 Å². The van der Waals surface area contributed by atoms with E-state index in [1.807, 2.05) is 36.4 Å². The Kier molecular flexibility index (Phi) is 7.01. The number of piperidine rings is 1. The number of thioether (sulfide) groups is 1. The van der Waals surface area contributed by atoms with Crippen molar-refractivity contribution in [1.82, 2.24) is 26.3 Å². The van der Waals surface area contributed by atoms with Gasteiger partial charge in [0.1, 0.15) is 5.75 Å². The number of nitrogens with zero attached hydrogens (tertiary/aromatic N) is 2. The maximum atomic E-state index is 13.5. The maximum absolute atomic E-state index is 13.5. The molecule has 10 nitrogen and oxygen atoms in total. The molecule has 1 aliphatic carbocycles. The number of amides is 4. The highest BCUT2D eigenvalue weighted by Gasteiger charge is 2.52. The van der Waals surface area contributed by atoms with Crippen molar-refractivity contribution >= 4 is 35.3 Å². The topological polar surface area (TPSA) is 125 Å². The summed E-state index contributed by atoms with van der Waals surface area (Å²) in [5.41, 5.74) is 1.34. The minimum atomic E-state index is -0.282. The van der Waals surface area contributed by atoms with Crippen LogP contribution in [0.1, 0.15) is 25.7 Å². The first-order chi connectivity index (χ1) is 19.0. The Morgan fingerprint density at radius 2 is 1.90 bits per heavy atom. The fourth-order valence-corrected chi connectivity index (χ4v) is 7.29. The molecule has 4 amide bonds. The van der Waals surface area contributed by atoms with E-state index in [1.54, 1.807) is 17.2 Å². The average molecular weight is 547 g/mol. The third-order valence-electron chi connectivity index (χ3n) is 7.66. The molecule has 11 heteroatoms. The Morgan fingerprint density at radius 3 is 2.64 bits per heavy atom. The highest BCUT2D eigenvalue weighted by molar-refractivity contribution is 8.04. The molecular weight excluding hydrogens is 516 g/mol. The van der Waals surface area contributed by atoms with E-state index in [0.717, 1.165) is 32.2 Å². The van der Waals surface area contributed by atoms with Crippen molar-refractivity contribution < 1.29 is 19.1 Å². The van der Waals surface area contributed by atoms with Gasteiger partial charge in [0.05, 0.1) is 28.2 Å². The van der Waals surface area contributed by atoms with Crippen LogP contribution in [0.25, 0.3) is 0 Å². The Balaban J connectivity index is 1.20. The largest absolute Gasteiger partial charge is 0.439 e. The zero-order chi connectivity index (χ0) is 26.9. The van der Waals surface area contributed by atoms with Crippen LogP contribution in [0.15, 0.2) is 71.9 Å². The van der Waals surface area contributed by atoms with E-state index in [2.05, 4.69) is 32.8 Å². The van der Waals surface area contributed by atoms with Crippen molar-refractivity contribution in [2.45, 2.75) is 49.2 Å². The van der Waals surface area contributed by atoms with Crippen LogP contribution in [0.2, 0.25) is 0 Å². The van der Waals surface area contributed by atoms with Crippen molar-refractivity contribution in [3.63, 3.8) is 0 Å². The molecule has 1 saturated carbocycles. The molecule has 3 fully saturated rings. The number of carbonyl (C=O) groups is 3. The molecule has 2 aromatic rings. The fraction of sp³-hybridized carbons (Fsp3) is 0.357. The number of ether oxygens (including phenoxy) is 1. The Hall–Kier alpha value is -3.83. The SMILES string of the molecule is C=CC(=O)N[C@@H]1CCC[C@H]1NC(=O)C1=C2NC(=O)N(c3ccc(Oc4ccccc4)nc3)C3CCNC(S1)C23. The quantitative estimate of drug-likeness (QED) is 0.394. The molecule has 0 bridgehead atoms. The van der Waals surface area contributed by atoms with Gasteiger partial charge in [-0.2, -0.15) is 0 Å². The molecule has 4 heterocycles. The summed E-state index contributed by atoms with van der Waals surface area (Å²) in [5, 5.41) is 12.5. The van der Waals surface area contributed by atoms with E-state index in [9.17, 15) is 14.4 Å². The summed E-state index contributed by atoms with van der Waals surface area (Å²) in [6.07, 6.45) is 6.13. The van der Waals surface area contributed by atoms with Crippen LogP contribution in [0.5, 0.6) is 11.6 Å². The molecule has 0 spiro atoms. The maximum Gasteiger partial charge on any atom is 0.326 e. The predicted molar refractivity (Wildman–Crippen MR) is 148 cm³/mol. The molecule has 3 unspecified atom stereocenters. The number of hydrogen-bond acceptors (Lipinski definition) is 7. The van der Waals surface area contributed by atoms with Gasteiger partial charge in [-0.25, -0.2) is 9.78 Å². The number of benzene rings is 1. The number of rotatable bonds is 7. The lowest BCUT2D eigenvalue weighted by Crippen LogP contribution is -2.62. The molecular formula is C28H30N6O4S. The van der Waals surface area contributed by atoms with Crippen LogP contribution in [-0.4, -0.2) is 52.9 Å². The van der Waals surface area contributed by atoms with Crippen LogP contribution in [-0.2, 0) is 9.59 Å². The second-order valence-corrected chi connectivity index (χ2v) is 11.2. The second-order valence-electron chi connectivity index (χ2n) is 10.0. The molecule has 1 aromatic heterocycles. The number of para-hydroxylation sites is 1. The van der Waals surface area contributed by atoms with Crippen molar-refractivity contribution in [2.24, 2.45) is 5.92 Å². The van der Waals surface area contributed by atoms with E-state index in [0.29, 0.717) is 27.9 Å². The van der Waals surface area contributed by atoms with E-state index >= 15 is 0 Å². The number of hydrogen-bond donors (Lipinski definition) is 4. The lowest BCUT2D eigenvalue weighted by molar-refractivity contribution is -0.119. The summed E-state index contributed by atoms with van der Waals surface area (Å²) in [4.78, 5) is 45.4. The summed E-state index contributed by atoms with van der Waals surface area (Å²) in [7, 11) is 0. The van der Waals surface area contributed by atoms with Gasteiger partial charge < -0.3 is 26.0 Å². The summed E-state index contributed by atoms with van der Waals surface area (Å²) in [5.74, 6) is 0.598. The van der Waals surface area contributed by atoms with Gasteiger partial charge in [0, 0.05) is 29.8 Å². The fourth-order valence-electron chi connectivity index (χ4n) is 5.89.